The van der Waals surface area contributed by atoms with Crippen LogP contribution in [0, 0.1) is 0 Å². The van der Waals surface area contributed by atoms with Gasteiger partial charge in [0.15, 0.2) is 0 Å². The fourth-order valence-corrected chi connectivity index (χ4v) is 2.85. The Morgan fingerprint density at radius 1 is 1.50 bits per heavy atom. The Bertz CT molecular complexity index is 502. The molecule has 0 bridgehead atoms. The van der Waals surface area contributed by atoms with Gasteiger partial charge >= 0.3 is 0 Å². The molecule has 1 aliphatic heterocycles. The van der Waals surface area contributed by atoms with Crippen LogP contribution in [-0.4, -0.2) is 31.3 Å². The summed E-state index contributed by atoms with van der Waals surface area (Å²) in [6, 6.07) is 5.52. The van der Waals surface area contributed by atoms with Crippen molar-refractivity contribution in [2.45, 2.75) is 38.3 Å². The smallest absolute Gasteiger partial charge is 0.252 e. The molecule has 0 spiro atoms. The number of carbonyl (C=O) groups excluding carboxylic acids is 1. The van der Waals surface area contributed by atoms with Crippen molar-refractivity contribution in [1.82, 2.24) is 5.32 Å². The average molecular weight is 342 g/mol. The lowest BCUT2D eigenvalue weighted by Crippen LogP contribution is -2.45. The van der Waals surface area contributed by atoms with Gasteiger partial charge in [-0.2, -0.15) is 0 Å². The van der Waals surface area contributed by atoms with Crippen LogP contribution in [0.4, 0.5) is 0 Å². The number of ether oxygens (including phenoxy) is 2. The van der Waals surface area contributed by atoms with E-state index < -0.39 is 0 Å². The van der Waals surface area contributed by atoms with E-state index in [0.717, 1.165) is 17.3 Å². The lowest BCUT2D eigenvalue weighted by atomic mass is 9.94. The number of hydrogen-bond acceptors (Lipinski definition) is 3. The summed E-state index contributed by atoms with van der Waals surface area (Å²) in [5, 5.41) is 3.08. The molecule has 1 atom stereocenters. The Balaban J connectivity index is 2.08. The van der Waals surface area contributed by atoms with Crippen molar-refractivity contribution in [3.05, 3.63) is 28.2 Å². The van der Waals surface area contributed by atoms with Gasteiger partial charge in [0.05, 0.1) is 18.3 Å². The maximum atomic E-state index is 12.4. The average Bonchev–Trinajstić information content (AvgIpc) is 2.38. The summed E-state index contributed by atoms with van der Waals surface area (Å²) in [4.78, 5) is 12.4. The van der Waals surface area contributed by atoms with Gasteiger partial charge in [-0.05, 0) is 60.8 Å². The molecule has 1 fully saturated rings. The number of halogens is 1. The highest BCUT2D eigenvalue weighted by Crippen LogP contribution is 2.26. The highest BCUT2D eigenvalue weighted by Gasteiger charge is 2.30. The van der Waals surface area contributed by atoms with Crippen molar-refractivity contribution in [3.63, 3.8) is 0 Å². The molecule has 1 unspecified atom stereocenters. The Labute approximate surface area is 128 Å². The van der Waals surface area contributed by atoms with Gasteiger partial charge in [0, 0.05) is 17.1 Å². The first-order chi connectivity index (χ1) is 9.41. The summed E-state index contributed by atoms with van der Waals surface area (Å²) in [7, 11) is 1.59. The Hall–Kier alpha value is -1.07. The topological polar surface area (TPSA) is 47.6 Å². The summed E-state index contributed by atoms with van der Waals surface area (Å²) in [6.45, 7) is 4.77. The third kappa shape index (κ3) is 3.73. The molecule has 1 saturated heterocycles. The van der Waals surface area contributed by atoms with E-state index in [0.29, 0.717) is 17.9 Å². The fourth-order valence-electron chi connectivity index (χ4n) is 2.42. The van der Waals surface area contributed by atoms with E-state index in [2.05, 4.69) is 21.2 Å². The van der Waals surface area contributed by atoms with Gasteiger partial charge in [0.25, 0.3) is 5.91 Å². The zero-order valence-electron chi connectivity index (χ0n) is 12.0. The maximum Gasteiger partial charge on any atom is 0.252 e. The molecule has 1 aromatic rings. The highest BCUT2D eigenvalue weighted by atomic mass is 79.9. The number of hydrogen-bond donors (Lipinski definition) is 1. The first-order valence-corrected chi connectivity index (χ1v) is 7.49. The third-order valence-electron chi connectivity index (χ3n) is 3.45. The summed E-state index contributed by atoms with van der Waals surface area (Å²) in [6.07, 6.45) is 1.66. The summed E-state index contributed by atoms with van der Waals surface area (Å²) in [5.41, 5.74) is 0.413. The van der Waals surface area contributed by atoms with Crippen LogP contribution in [0.25, 0.3) is 0 Å². The van der Waals surface area contributed by atoms with Crippen molar-refractivity contribution in [2.24, 2.45) is 0 Å². The quantitative estimate of drug-likeness (QED) is 0.918. The zero-order chi connectivity index (χ0) is 14.8. The van der Waals surface area contributed by atoms with Gasteiger partial charge in [-0.25, -0.2) is 0 Å². The van der Waals surface area contributed by atoms with Crippen molar-refractivity contribution < 1.29 is 14.3 Å². The molecular formula is C15H20BrNO3. The SMILES string of the molecule is COc1ccc(Br)c(C(=O)NC2CCOC(C)(C)C2)c1. The van der Waals surface area contributed by atoms with Crippen molar-refractivity contribution in [3.8, 4) is 5.75 Å². The number of amides is 1. The Morgan fingerprint density at radius 3 is 2.90 bits per heavy atom. The predicted molar refractivity (Wildman–Crippen MR) is 81.2 cm³/mol. The fraction of sp³-hybridized carbons (Fsp3) is 0.533. The number of carbonyl (C=O) groups is 1. The minimum atomic E-state index is -0.179. The summed E-state index contributed by atoms with van der Waals surface area (Å²) in [5.74, 6) is 0.587. The second kappa shape index (κ2) is 6.14. The molecule has 110 valence electrons. The normalized spacial score (nSPS) is 21.3. The molecule has 5 heteroatoms. The minimum absolute atomic E-state index is 0.0847. The number of nitrogens with one attached hydrogen (secondary N) is 1. The van der Waals surface area contributed by atoms with Crippen molar-refractivity contribution in [1.29, 1.82) is 0 Å². The molecule has 4 nitrogen and oxygen atoms in total. The van der Waals surface area contributed by atoms with Crippen molar-refractivity contribution >= 4 is 21.8 Å². The lowest BCUT2D eigenvalue weighted by Gasteiger charge is -2.35. The number of methoxy groups -OCH3 is 1. The minimum Gasteiger partial charge on any atom is -0.497 e. The highest BCUT2D eigenvalue weighted by molar-refractivity contribution is 9.10. The first-order valence-electron chi connectivity index (χ1n) is 6.70. The van der Waals surface area contributed by atoms with Gasteiger partial charge in [0.2, 0.25) is 0 Å². The van der Waals surface area contributed by atoms with Crippen LogP contribution in [0.15, 0.2) is 22.7 Å². The molecule has 1 aromatic carbocycles. The summed E-state index contributed by atoms with van der Waals surface area (Å²) >= 11 is 3.41. The molecule has 1 N–H and O–H groups in total. The van der Waals surface area contributed by atoms with Gasteiger partial charge in [-0.1, -0.05) is 0 Å². The van der Waals surface area contributed by atoms with E-state index in [9.17, 15) is 4.79 Å². The molecule has 0 aliphatic carbocycles. The Kier molecular flexibility index (Phi) is 4.70. The van der Waals surface area contributed by atoms with E-state index in [1.165, 1.54) is 0 Å². The van der Waals surface area contributed by atoms with Crippen LogP contribution in [0.3, 0.4) is 0 Å². The van der Waals surface area contributed by atoms with Crippen LogP contribution < -0.4 is 10.1 Å². The van der Waals surface area contributed by atoms with Crippen LogP contribution in [-0.2, 0) is 4.74 Å². The lowest BCUT2D eigenvalue weighted by molar-refractivity contribution is -0.0615. The molecule has 1 amide bonds. The van der Waals surface area contributed by atoms with Crippen molar-refractivity contribution in [2.75, 3.05) is 13.7 Å². The number of rotatable bonds is 3. The van der Waals surface area contributed by atoms with E-state index >= 15 is 0 Å². The van der Waals surface area contributed by atoms with Crippen LogP contribution >= 0.6 is 15.9 Å². The second-order valence-corrected chi connectivity index (χ2v) is 6.47. The molecule has 2 rings (SSSR count). The monoisotopic (exact) mass is 341 g/mol. The van der Waals surface area contributed by atoms with E-state index in [-0.39, 0.29) is 17.6 Å². The molecule has 0 aromatic heterocycles. The van der Waals surface area contributed by atoms with Gasteiger partial charge in [-0.15, -0.1) is 0 Å². The third-order valence-corrected chi connectivity index (χ3v) is 4.14. The number of benzene rings is 1. The molecule has 0 saturated carbocycles. The standard InChI is InChI=1S/C15H20BrNO3/c1-15(2)9-10(6-7-20-15)17-14(18)12-8-11(19-3)4-5-13(12)16/h4-5,8,10H,6-7,9H2,1-3H3,(H,17,18). The second-order valence-electron chi connectivity index (χ2n) is 5.62. The maximum absolute atomic E-state index is 12.4. The van der Waals surface area contributed by atoms with Crippen LogP contribution in [0.1, 0.15) is 37.0 Å². The largest absolute Gasteiger partial charge is 0.497 e. The molecule has 20 heavy (non-hydrogen) atoms. The zero-order valence-corrected chi connectivity index (χ0v) is 13.6. The van der Waals surface area contributed by atoms with Gasteiger partial charge in [0.1, 0.15) is 5.75 Å². The van der Waals surface area contributed by atoms with Gasteiger partial charge < -0.3 is 14.8 Å². The Morgan fingerprint density at radius 2 is 2.25 bits per heavy atom. The first kappa shape index (κ1) is 15.3. The predicted octanol–water partition coefficient (Wildman–Crippen LogP) is 3.15. The molecular weight excluding hydrogens is 322 g/mol. The van der Waals surface area contributed by atoms with Gasteiger partial charge in [-0.3, -0.25) is 4.79 Å². The summed E-state index contributed by atoms with van der Waals surface area (Å²) < 4.78 is 11.6. The molecule has 0 radical (unpaired) electrons. The molecule has 1 aliphatic rings. The van der Waals surface area contributed by atoms with E-state index in [4.69, 9.17) is 9.47 Å². The van der Waals surface area contributed by atoms with Crippen LogP contribution in [0.5, 0.6) is 5.75 Å². The van der Waals surface area contributed by atoms with E-state index in [1.807, 2.05) is 26.0 Å². The van der Waals surface area contributed by atoms with E-state index in [1.54, 1.807) is 13.2 Å². The molecule has 1 heterocycles. The van der Waals surface area contributed by atoms with Crippen LogP contribution in [0.2, 0.25) is 0 Å².